The first-order chi connectivity index (χ1) is 25.8. The summed E-state index contributed by atoms with van der Waals surface area (Å²) in [6.07, 6.45) is 1.16. The van der Waals surface area contributed by atoms with E-state index in [-0.39, 0.29) is 23.6 Å². The molecule has 54 heavy (non-hydrogen) atoms. The first-order valence-corrected chi connectivity index (χ1v) is 17.1. The second kappa shape index (κ2) is 16.3. The molecule has 1 atom stereocenters. The van der Waals surface area contributed by atoms with E-state index < -0.39 is 27.6 Å². The zero-order valence-electron chi connectivity index (χ0n) is 30.2. The average Bonchev–Trinajstić information content (AvgIpc) is 3.91. The molecule has 2 aromatic heterocycles. The third-order valence-corrected chi connectivity index (χ3v) is 8.42. The lowest BCUT2D eigenvalue weighted by atomic mass is 10.0. The highest BCUT2D eigenvalue weighted by Crippen LogP contribution is 2.29. The summed E-state index contributed by atoms with van der Waals surface area (Å²) in [4.78, 5) is 63.1. The van der Waals surface area contributed by atoms with E-state index in [0.717, 1.165) is 23.1 Å². The van der Waals surface area contributed by atoms with Crippen LogP contribution in [-0.2, 0) is 16.0 Å². The molecule has 0 bridgehead atoms. The molecule has 1 fully saturated rings. The number of nitro groups is 2. The van der Waals surface area contributed by atoms with Crippen LogP contribution < -0.4 is 11.5 Å². The van der Waals surface area contributed by atoms with Crippen molar-refractivity contribution in [3.63, 3.8) is 0 Å². The van der Waals surface area contributed by atoms with Gasteiger partial charge in [0.25, 0.3) is 11.4 Å². The SMILES string of the molecule is CC(C)(C)OC(=O)N1CCC[C@H]1C(=O)Cc1ccc(-c2nc3c([N+](=O)[O-])cccc3[nH]2)cc1.CN.Nc1ccc(-c2nc3c([N+](=O)[O-])cccc3[nH]2)cc1. The lowest BCUT2D eigenvalue weighted by Gasteiger charge is -2.28. The van der Waals surface area contributed by atoms with Crippen LogP contribution in [0.5, 0.6) is 0 Å². The van der Waals surface area contributed by atoms with Gasteiger partial charge in [0.15, 0.2) is 16.8 Å². The minimum absolute atomic E-state index is 0.00422. The molecule has 6 aromatic rings. The summed E-state index contributed by atoms with van der Waals surface area (Å²) < 4.78 is 5.45. The second-order valence-electron chi connectivity index (χ2n) is 13.3. The van der Waals surface area contributed by atoms with Crippen LogP contribution in [0.2, 0.25) is 0 Å². The summed E-state index contributed by atoms with van der Waals surface area (Å²) in [6.45, 7) is 5.93. The Morgan fingerprint density at radius 3 is 1.76 bits per heavy atom. The molecule has 0 saturated carbocycles. The van der Waals surface area contributed by atoms with Crippen molar-refractivity contribution < 1.29 is 24.2 Å². The van der Waals surface area contributed by atoms with Crippen LogP contribution in [0.25, 0.3) is 44.8 Å². The molecule has 1 aliphatic rings. The first-order valence-electron chi connectivity index (χ1n) is 17.1. The number of fused-ring (bicyclic) bond motifs is 2. The number of nitrogens with one attached hydrogen (secondary N) is 2. The fourth-order valence-corrected chi connectivity index (χ4v) is 5.98. The summed E-state index contributed by atoms with van der Waals surface area (Å²) in [7, 11) is 1.50. The number of aromatic amines is 2. The van der Waals surface area contributed by atoms with Crippen molar-refractivity contribution in [3.8, 4) is 22.8 Å². The number of nitrogen functional groups attached to an aromatic ring is 1. The van der Waals surface area contributed by atoms with Gasteiger partial charge in [-0.3, -0.25) is 29.9 Å². The number of hydrogen-bond acceptors (Lipinski definition) is 11. The quantitative estimate of drug-likeness (QED) is 0.0743. The lowest BCUT2D eigenvalue weighted by Crippen LogP contribution is -2.43. The van der Waals surface area contributed by atoms with E-state index in [2.05, 4.69) is 25.7 Å². The number of benzene rings is 4. The monoisotopic (exact) mass is 735 g/mol. The minimum Gasteiger partial charge on any atom is -0.444 e. The van der Waals surface area contributed by atoms with Crippen molar-refractivity contribution in [2.75, 3.05) is 19.3 Å². The smallest absolute Gasteiger partial charge is 0.410 e. The number of nitro benzene ring substituents is 2. The number of ether oxygens (including phenoxy) is 1. The summed E-state index contributed by atoms with van der Waals surface area (Å²) in [5.74, 6) is 1.08. The van der Waals surface area contributed by atoms with Gasteiger partial charge in [-0.25, -0.2) is 14.8 Å². The zero-order chi connectivity index (χ0) is 39.2. The number of H-pyrrole nitrogens is 2. The number of carbonyl (C=O) groups is 2. The number of nitrogens with zero attached hydrogens (tertiary/aromatic N) is 5. The van der Waals surface area contributed by atoms with Crippen LogP contribution in [0.3, 0.4) is 0 Å². The van der Waals surface area contributed by atoms with Crippen LogP contribution >= 0.6 is 0 Å². The number of hydrogen-bond donors (Lipinski definition) is 4. The van der Waals surface area contributed by atoms with Gasteiger partial charge >= 0.3 is 6.09 Å². The third kappa shape index (κ3) is 8.85. The summed E-state index contributed by atoms with van der Waals surface area (Å²) in [5, 5.41) is 22.2. The van der Waals surface area contributed by atoms with Gasteiger partial charge in [0, 0.05) is 41.9 Å². The van der Waals surface area contributed by atoms with Gasteiger partial charge in [-0.2, -0.15) is 0 Å². The molecule has 16 heteroatoms. The molecule has 16 nitrogen and oxygen atoms in total. The number of amides is 1. The van der Waals surface area contributed by atoms with E-state index in [1.54, 1.807) is 57.2 Å². The van der Waals surface area contributed by atoms with Crippen molar-refractivity contribution in [3.05, 3.63) is 111 Å². The van der Waals surface area contributed by atoms with Crippen molar-refractivity contribution in [2.45, 2.75) is 51.7 Å². The van der Waals surface area contributed by atoms with Crippen molar-refractivity contribution >= 4 is 51.0 Å². The predicted molar refractivity (Wildman–Crippen MR) is 206 cm³/mol. The Labute approximate surface area is 309 Å². The average molecular weight is 736 g/mol. The van der Waals surface area contributed by atoms with Crippen LogP contribution in [0.15, 0.2) is 84.9 Å². The number of para-hydroxylation sites is 2. The number of Topliss-reactive ketones (excluding diaryl/α,β-unsaturated/α-hetero) is 1. The molecule has 7 rings (SSSR count). The van der Waals surface area contributed by atoms with Gasteiger partial charge < -0.3 is 26.2 Å². The van der Waals surface area contributed by atoms with E-state index >= 15 is 0 Å². The molecular weight excluding hydrogens is 694 g/mol. The molecule has 0 spiro atoms. The van der Waals surface area contributed by atoms with Crippen molar-refractivity contribution in [2.24, 2.45) is 5.73 Å². The summed E-state index contributed by atoms with van der Waals surface area (Å²) in [5.41, 5.74) is 14.4. The molecule has 4 aromatic carbocycles. The normalized spacial score (nSPS) is 13.8. The highest BCUT2D eigenvalue weighted by atomic mass is 16.6. The van der Waals surface area contributed by atoms with Crippen LogP contribution in [0.4, 0.5) is 21.9 Å². The molecule has 1 amide bonds. The number of imidazole rings is 2. The maximum absolute atomic E-state index is 12.9. The van der Waals surface area contributed by atoms with E-state index in [1.165, 1.54) is 24.1 Å². The molecule has 3 heterocycles. The largest absolute Gasteiger partial charge is 0.444 e. The number of rotatable bonds is 7. The molecular formula is C38H41N9O7. The van der Waals surface area contributed by atoms with Gasteiger partial charge in [0.2, 0.25) is 0 Å². The van der Waals surface area contributed by atoms with Gasteiger partial charge in [-0.05, 0) is 82.6 Å². The highest BCUT2D eigenvalue weighted by molar-refractivity contribution is 5.90. The van der Waals surface area contributed by atoms with Gasteiger partial charge in [0.05, 0.1) is 26.9 Å². The zero-order valence-corrected chi connectivity index (χ0v) is 30.2. The molecule has 0 radical (unpaired) electrons. The Balaban J connectivity index is 0.000000226. The molecule has 1 aliphatic heterocycles. The van der Waals surface area contributed by atoms with Gasteiger partial charge in [-0.1, -0.05) is 36.4 Å². The highest BCUT2D eigenvalue weighted by Gasteiger charge is 2.36. The predicted octanol–water partition coefficient (Wildman–Crippen LogP) is 6.94. The Hall–Kier alpha value is -6.68. The fraction of sp³-hybridized carbons (Fsp3) is 0.263. The lowest BCUT2D eigenvalue weighted by molar-refractivity contribution is -0.383. The number of aromatic nitrogens is 4. The van der Waals surface area contributed by atoms with E-state index in [1.807, 2.05) is 36.4 Å². The number of nitrogens with two attached hydrogens (primary N) is 2. The summed E-state index contributed by atoms with van der Waals surface area (Å²) >= 11 is 0. The summed E-state index contributed by atoms with van der Waals surface area (Å²) in [6, 6.07) is 23.6. The Morgan fingerprint density at radius 1 is 0.815 bits per heavy atom. The maximum atomic E-state index is 12.9. The third-order valence-electron chi connectivity index (χ3n) is 8.42. The molecule has 0 unspecified atom stereocenters. The Kier molecular flexibility index (Phi) is 11.7. The van der Waals surface area contributed by atoms with Gasteiger partial charge in [-0.15, -0.1) is 0 Å². The van der Waals surface area contributed by atoms with Gasteiger partial charge in [0.1, 0.15) is 17.2 Å². The standard InChI is InChI=1S/C24H26N4O5.C13H10N4O2.CH5N/c1-24(2,3)33-23(30)27-13-5-8-18(27)20(29)14-15-9-11-16(12-10-15)22-25-17-6-4-7-19(28(31)32)21(17)26-22;14-9-6-4-8(5-7-9)13-15-10-2-1-3-11(17(18)19)12(10)16-13;1-2/h4,6-7,9-12,18H,5,8,13-14H2,1-3H3,(H,25,26);1-7H,14H2,(H,15,16);2H2,1H3/t18-;;/m0../s1. The second-order valence-corrected chi connectivity index (χ2v) is 13.3. The number of anilines is 1. The Morgan fingerprint density at radius 2 is 1.30 bits per heavy atom. The van der Waals surface area contributed by atoms with E-state index in [4.69, 9.17) is 10.5 Å². The van der Waals surface area contributed by atoms with Crippen LogP contribution in [-0.4, -0.2) is 71.8 Å². The number of non-ortho nitro benzene ring substituents is 2. The van der Waals surface area contributed by atoms with Crippen molar-refractivity contribution in [1.82, 2.24) is 24.8 Å². The maximum Gasteiger partial charge on any atom is 0.410 e. The van der Waals surface area contributed by atoms with E-state index in [0.29, 0.717) is 52.4 Å². The molecule has 0 aliphatic carbocycles. The van der Waals surface area contributed by atoms with E-state index in [9.17, 15) is 29.8 Å². The number of likely N-dealkylation sites (tertiary alicyclic amines) is 1. The van der Waals surface area contributed by atoms with Crippen molar-refractivity contribution in [1.29, 1.82) is 0 Å². The fourth-order valence-electron chi connectivity index (χ4n) is 5.98. The molecule has 280 valence electrons. The molecule has 1 saturated heterocycles. The molecule has 6 N–H and O–H groups in total. The first kappa shape index (κ1) is 38.5. The minimum atomic E-state index is -0.611. The Bertz CT molecular complexity index is 2290. The van der Waals surface area contributed by atoms with Crippen LogP contribution in [0, 0.1) is 20.2 Å². The van der Waals surface area contributed by atoms with Crippen LogP contribution in [0.1, 0.15) is 39.2 Å². The number of ketones is 1. The topological polar surface area (TPSA) is 242 Å². The number of carbonyl (C=O) groups excluding carboxylic acids is 2.